The molecule has 0 spiro atoms. The number of amides is 1. The summed E-state index contributed by atoms with van der Waals surface area (Å²) in [7, 11) is 0. The number of carbonyl (C=O) groups is 1. The maximum absolute atomic E-state index is 12.5. The molecular formula is C17H21BrN2O2. The highest BCUT2D eigenvalue weighted by Crippen LogP contribution is 2.26. The standard InChI is InChI=1S/C17H21BrN2O2/c18-15-7-4-10-19-16(15)22-14-8-11-20(12-9-14)17(21)13-5-2-1-3-6-13/h1-2,4,7,10,13-14H,3,5-6,8-9,11-12H2. The van der Waals surface area contributed by atoms with Crippen molar-refractivity contribution < 1.29 is 9.53 Å². The summed E-state index contributed by atoms with van der Waals surface area (Å²) in [5.74, 6) is 1.15. The number of nitrogens with zero attached hydrogens (tertiary/aromatic N) is 2. The molecule has 0 saturated carbocycles. The Bertz CT molecular complexity index is 553. The van der Waals surface area contributed by atoms with E-state index in [0.717, 1.165) is 49.7 Å². The predicted octanol–water partition coefficient (Wildman–Crippen LogP) is 3.57. The molecule has 1 saturated heterocycles. The van der Waals surface area contributed by atoms with Gasteiger partial charge in [0.1, 0.15) is 6.10 Å². The zero-order chi connectivity index (χ0) is 15.4. The van der Waals surface area contributed by atoms with Crippen LogP contribution in [0, 0.1) is 5.92 Å². The van der Waals surface area contributed by atoms with Crippen molar-refractivity contribution in [3.05, 3.63) is 35.0 Å². The van der Waals surface area contributed by atoms with Crippen molar-refractivity contribution >= 4 is 21.8 Å². The Kier molecular flexibility index (Phi) is 5.13. The second-order valence-electron chi connectivity index (χ2n) is 5.91. The first kappa shape index (κ1) is 15.5. The van der Waals surface area contributed by atoms with E-state index >= 15 is 0 Å². The fraction of sp³-hybridized carbons (Fsp3) is 0.529. The van der Waals surface area contributed by atoms with Crippen LogP contribution in [0.25, 0.3) is 0 Å². The number of piperidine rings is 1. The molecule has 1 atom stereocenters. The number of likely N-dealkylation sites (tertiary alicyclic amines) is 1. The normalized spacial score (nSPS) is 22.6. The smallest absolute Gasteiger partial charge is 0.228 e. The van der Waals surface area contributed by atoms with Gasteiger partial charge in [-0.05, 0) is 47.3 Å². The summed E-state index contributed by atoms with van der Waals surface area (Å²) in [6.45, 7) is 1.57. The summed E-state index contributed by atoms with van der Waals surface area (Å²) in [5, 5.41) is 0. The van der Waals surface area contributed by atoms with Crippen LogP contribution >= 0.6 is 15.9 Å². The fourth-order valence-electron chi connectivity index (χ4n) is 3.09. The summed E-state index contributed by atoms with van der Waals surface area (Å²) < 4.78 is 6.83. The Morgan fingerprint density at radius 1 is 1.27 bits per heavy atom. The topological polar surface area (TPSA) is 42.4 Å². The third kappa shape index (κ3) is 3.69. The molecule has 0 bridgehead atoms. The molecule has 5 heteroatoms. The molecule has 3 rings (SSSR count). The maximum Gasteiger partial charge on any atom is 0.228 e. The number of hydrogen-bond donors (Lipinski definition) is 0. The minimum Gasteiger partial charge on any atom is -0.473 e. The van der Waals surface area contributed by atoms with Crippen LogP contribution in [0.2, 0.25) is 0 Å². The van der Waals surface area contributed by atoms with E-state index in [-0.39, 0.29) is 12.0 Å². The van der Waals surface area contributed by atoms with Crippen LogP contribution in [0.15, 0.2) is 35.0 Å². The fourth-order valence-corrected chi connectivity index (χ4v) is 3.43. The van der Waals surface area contributed by atoms with Gasteiger partial charge in [0.05, 0.1) is 4.47 Å². The number of ether oxygens (including phenoxy) is 1. The first-order valence-electron chi connectivity index (χ1n) is 7.95. The highest BCUT2D eigenvalue weighted by atomic mass is 79.9. The highest BCUT2D eigenvalue weighted by Gasteiger charge is 2.29. The molecular weight excluding hydrogens is 344 g/mol. The Labute approximate surface area is 139 Å². The van der Waals surface area contributed by atoms with Crippen molar-refractivity contribution in [2.75, 3.05) is 13.1 Å². The first-order chi connectivity index (χ1) is 10.7. The third-order valence-corrected chi connectivity index (χ3v) is 4.98. The van der Waals surface area contributed by atoms with Gasteiger partial charge in [-0.15, -0.1) is 0 Å². The minimum atomic E-state index is 0.140. The van der Waals surface area contributed by atoms with Crippen LogP contribution in [0.4, 0.5) is 0 Å². The van der Waals surface area contributed by atoms with Crippen LogP contribution in [0.1, 0.15) is 32.1 Å². The Morgan fingerprint density at radius 3 is 2.77 bits per heavy atom. The van der Waals surface area contributed by atoms with Gasteiger partial charge in [-0.25, -0.2) is 4.98 Å². The summed E-state index contributed by atoms with van der Waals surface area (Å²) in [4.78, 5) is 18.8. The molecule has 1 unspecified atom stereocenters. The number of hydrogen-bond acceptors (Lipinski definition) is 3. The van der Waals surface area contributed by atoms with Crippen LogP contribution in [-0.2, 0) is 4.79 Å². The molecule has 2 heterocycles. The molecule has 22 heavy (non-hydrogen) atoms. The van der Waals surface area contributed by atoms with Crippen molar-refractivity contribution in [2.24, 2.45) is 5.92 Å². The largest absolute Gasteiger partial charge is 0.473 e. The van der Waals surface area contributed by atoms with Gasteiger partial charge in [0.25, 0.3) is 0 Å². The van der Waals surface area contributed by atoms with Crippen LogP contribution in [0.5, 0.6) is 5.88 Å². The van der Waals surface area contributed by atoms with Gasteiger partial charge < -0.3 is 9.64 Å². The molecule has 1 aromatic heterocycles. The minimum absolute atomic E-state index is 0.140. The number of allylic oxidation sites excluding steroid dienone is 2. The van der Waals surface area contributed by atoms with E-state index in [1.165, 1.54) is 0 Å². The molecule has 0 N–H and O–H groups in total. The van der Waals surface area contributed by atoms with Crippen LogP contribution in [-0.4, -0.2) is 35.0 Å². The second-order valence-corrected chi connectivity index (χ2v) is 6.77. The van der Waals surface area contributed by atoms with Crippen LogP contribution < -0.4 is 4.74 Å². The van der Waals surface area contributed by atoms with E-state index in [9.17, 15) is 4.79 Å². The van der Waals surface area contributed by atoms with Gasteiger partial charge in [-0.3, -0.25) is 4.79 Å². The number of rotatable bonds is 3. The quantitative estimate of drug-likeness (QED) is 0.769. The molecule has 1 aromatic rings. The van der Waals surface area contributed by atoms with Crippen molar-refractivity contribution in [2.45, 2.75) is 38.2 Å². The van der Waals surface area contributed by atoms with E-state index in [0.29, 0.717) is 11.8 Å². The van der Waals surface area contributed by atoms with E-state index < -0.39 is 0 Å². The molecule has 4 nitrogen and oxygen atoms in total. The Hall–Kier alpha value is -1.36. The van der Waals surface area contributed by atoms with Crippen molar-refractivity contribution in [1.29, 1.82) is 0 Å². The SMILES string of the molecule is O=C(C1CC=CCC1)N1CCC(Oc2ncccc2Br)CC1. The predicted molar refractivity (Wildman–Crippen MR) is 88.6 cm³/mol. The molecule has 1 aliphatic heterocycles. The first-order valence-corrected chi connectivity index (χ1v) is 8.74. The molecule has 1 aliphatic carbocycles. The number of halogens is 1. The second kappa shape index (κ2) is 7.27. The van der Waals surface area contributed by atoms with Gasteiger partial charge in [-0.2, -0.15) is 0 Å². The Balaban J connectivity index is 1.51. The Morgan fingerprint density at radius 2 is 2.09 bits per heavy atom. The monoisotopic (exact) mass is 364 g/mol. The molecule has 1 fully saturated rings. The van der Waals surface area contributed by atoms with E-state index in [1.54, 1.807) is 6.20 Å². The number of pyridine rings is 1. The average Bonchev–Trinajstić information content (AvgIpc) is 2.58. The lowest BCUT2D eigenvalue weighted by molar-refractivity contribution is -0.137. The molecule has 0 aromatic carbocycles. The average molecular weight is 365 g/mol. The lowest BCUT2D eigenvalue weighted by atomic mass is 9.92. The summed E-state index contributed by atoms with van der Waals surface area (Å²) in [6, 6.07) is 3.80. The van der Waals surface area contributed by atoms with Gasteiger partial charge in [0.2, 0.25) is 11.8 Å². The molecule has 2 aliphatic rings. The summed E-state index contributed by atoms with van der Waals surface area (Å²) in [6.07, 6.45) is 10.9. The highest BCUT2D eigenvalue weighted by molar-refractivity contribution is 9.10. The van der Waals surface area contributed by atoms with E-state index in [2.05, 4.69) is 33.1 Å². The summed E-state index contributed by atoms with van der Waals surface area (Å²) >= 11 is 3.45. The van der Waals surface area contributed by atoms with Gasteiger partial charge >= 0.3 is 0 Å². The van der Waals surface area contributed by atoms with E-state index in [4.69, 9.17) is 4.74 Å². The molecule has 0 radical (unpaired) electrons. The molecule has 118 valence electrons. The van der Waals surface area contributed by atoms with Gasteiger partial charge in [0, 0.05) is 38.0 Å². The number of aromatic nitrogens is 1. The zero-order valence-electron chi connectivity index (χ0n) is 12.6. The zero-order valence-corrected chi connectivity index (χ0v) is 14.2. The van der Waals surface area contributed by atoms with Crippen molar-refractivity contribution in [3.8, 4) is 5.88 Å². The van der Waals surface area contributed by atoms with Gasteiger partial charge in [-0.1, -0.05) is 12.2 Å². The number of carbonyl (C=O) groups excluding carboxylic acids is 1. The van der Waals surface area contributed by atoms with Gasteiger partial charge in [0.15, 0.2) is 0 Å². The van der Waals surface area contributed by atoms with E-state index in [1.807, 2.05) is 17.0 Å². The van der Waals surface area contributed by atoms with Crippen molar-refractivity contribution in [1.82, 2.24) is 9.88 Å². The van der Waals surface area contributed by atoms with Crippen molar-refractivity contribution in [3.63, 3.8) is 0 Å². The third-order valence-electron chi connectivity index (χ3n) is 4.37. The lowest BCUT2D eigenvalue weighted by Gasteiger charge is -2.34. The lowest BCUT2D eigenvalue weighted by Crippen LogP contribution is -2.44. The van der Waals surface area contributed by atoms with Crippen LogP contribution in [0.3, 0.4) is 0 Å². The molecule has 1 amide bonds. The maximum atomic E-state index is 12.5. The summed E-state index contributed by atoms with van der Waals surface area (Å²) in [5.41, 5.74) is 0.